The van der Waals surface area contributed by atoms with E-state index < -0.39 is 5.82 Å². The molecule has 1 amide bonds. The number of aryl methyl sites for hydroxylation is 2. The quantitative estimate of drug-likeness (QED) is 0.937. The highest BCUT2D eigenvalue weighted by atomic mass is 79.9. The maximum Gasteiger partial charge on any atom is 0.227 e. The average molecular weight is 328 g/mol. The Morgan fingerprint density at radius 1 is 1.53 bits per heavy atom. The molecular weight excluding hydrogens is 317 g/mol. The van der Waals surface area contributed by atoms with Crippen LogP contribution >= 0.6 is 15.9 Å². The van der Waals surface area contributed by atoms with E-state index >= 15 is 0 Å². The van der Waals surface area contributed by atoms with Crippen LogP contribution in [0.3, 0.4) is 0 Å². The fourth-order valence-corrected chi connectivity index (χ4v) is 1.80. The Labute approximate surface area is 117 Å². The fourth-order valence-electron chi connectivity index (χ4n) is 1.47. The van der Waals surface area contributed by atoms with Crippen LogP contribution in [0.25, 0.3) is 0 Å². The van der Waals surface area contributed by atoms with Gasteiger partial charge in [0.25, 0.3) is 0 Å². The first-order valence-corrected chi connectivity index (χ1v) is 6.38. The molecule has 0 radical (unpaired) electrons. The fraction of sp³-hybridized carbons (Fsp3) is 0.250. The van der Waals surface area contributed by atoms with Gasteiger partial charge in [0, 0.05) is 17.3 Å². The third kappa shape index (κ3) is 3.85. The lowest BCUT2D eigenvalue weighted by Crippen LogP contribution is -2.13. The summed E-state index contributed by atoms with van der Waals surface area (Å²) in [5.41, 5.74) is 0.148. The molecule has 0 saturated carbocycles. The van der Waals surface area contributed by atoms with Crippen molar-refractivity contribution in [3.05, 3.63) is 40.2 Å². The molecule has 1 heterocycles. The summed E-state index contributed by atoms with van der Waals surface area (Å²) in [5, 5.41) is 6.11. The molecule has 0 unspecified atom stereocenters. The number of carbonyl (C=O) groups excluding carboxylic acids is 1. The van der Waals surface area contributed by atoms with Gasteiger partial charge in [-0.05, 0) is 25.1 Å². The lowest BCUT2D eigenvalue weighted by molar-refractivity contribution is -0.116. The summed E-state index contributed by atoms with van der Waals surface area (Å²) in [4.78, 5) is 15.6. The third-order valence-electron chi connectivity index (χ3n) is 2.34. The van der Waals surface area contributed by atoms with Crippen molar-refractivity contribution in [1.29, 1.82) is 0 Å². The molecule has 2 aromatic rings. The Morgan fingerprint density at radius 2 is 2.32 bits per heavy atom. The van der Waals surface area contributed by atoms with E-state index in [1.165, 1.54) is 12.1 Å². The van der Waals surface area contributed by atoms with Crippen molar-refractivity contribution < 1.29 is 13.7 Å². The van der Waals surface area contributed by atoms with Crippen LogP contribution in [0, 0.1) is 12.7 Å². The van der Waals surface area contributed by atoms with E-state index in [4.69, 9.17) is 4.52 Å². The Balaban J connectivity index is 1.90. The molecule has 0 fully saturated rings. The van der Waals surface area contributed by atoms with E-state index in [0.717, 1.165) is 0 Å². The van der Waals surface area contributed by atoms with Crippen molar-refractivity contribution in [2.45, 2.75) is 19.8 Å². The maximum absolute atomic E-state index is 13.5. The number of nitrogens with zero attached hydrogens (tertiary/aromatic N) is 2. The summed E-state index contributed by atoms with van der Waals surface area (Å²) in [7, 11) is 0. The minimum Gasteiger partial charge on any atom is -0.339 e. The first kappa shape index (κ1) is 13.7. The van der Waals surface area contributed by atoms with Crippen LogP contribution in [0.5, 0.6) is 0 Å². The number of halogens is 2. The molecule has 1 aromatic carbocycles. The zero-order valence-electron chi connectivity index (χ0n) is 10.1. The number of aromatic nitrogens is 2. The standard InChI is InChI=1S/C12H11BrFN3O2/c1-7-15-12(19-17-7)5-4-11(18)16-10-3-2-8(13)6-9(10)14/h2-3,6H,4-5H2,1H3,(H,16,18). The zero-order chi connectivity index (χ0) is 13.8. The molecule has 0 aliphatic carbocycles. The maximum atomic E-state index is 13.5. The molecule has 100 valence electrons. The third-order valence-corrected chi connectivity index (χ3v) is 2.83. The van der Waals surface area contributed by atoms with E-state index in [0.29, 0.717) is 22.6 Å². The number of hydrogen-bond donors (Lipinski definition) is 1. The van der Waals surface area contributed by atoms with E-state index in [-0.39, 0.29) is 18.0 Å². The molecule has 0 bridgehead atoms. The lowest BCUT2D eigenvalue weighted by atomic mass is 10.2. The summed E-state index contributed by atoms with van der Waals surface area (Å²) in [6.45, 7) is 1.70. The van der Waals surface area contributed by atoms with Crippen molar-refractivity contribution in [2.75, 3.05) is 5.32 Å². The number of benzene rings is 1. The molecule has 2 rings (SSSR count). The van der Waals surface area contributed by atoms with Gasteiger partial charge in [0.15, 0.2) is 5.82 Å². The first-order valence-electron chi connectivity index (χ1n) is 5.58. The molecular formula is C12H11BrFN3O2. The van der Waals surface area contributed by atoms with E-state index in [1.807, 2.05) is 0 Å². The SMILES string of the molecule is Cc1noc(CCC(=O)Nc2ccc(Br)cc2F)n1. The molecule has 1 N–H and O–H groups in total. The van der Waals surface area contributed by atoms with Gasteiger partial charge < -0.3 is 9.84 Å². The Morgan fingerprint density at radius 3 is 2.95 bits per heavy atom. The molecule has 7 heteroatoms. The molecule has 0 atom stereocenters. The minimum atomic E-state index is -0.489. The van der Waals surface area contributed by atoms with Gasteiger partial charge in [0.2, 0.25) is 11.8 Å². The summed E-state index contributed by atoms with van der Waals surface area (Å²) in [6.07, 6.45) is 0.474. The van der Waals surface area contributed by atoms with Gasteiger partial charge in [-0.2, -0.15) is 4.98 Å². The van der Waals surface area contributed by atoms with E-state index in [9.17, 15) is 9.18 Å². The Hall–Kier alpha value is -1.76. The average Bonchev–Trinajstić information content (AvgIpc) is 2.76. The number of nitrogens with one attached hydrogen (secondary N) is 1. The van der Waals surface area contributed by atoms with Crippen molar-refractivity contribution in [1.82, 2.24) is 10.1 Å². The van der Waals surface area contributed by atoms with Crippen LogP contribution in [0.1, 0.15) is 18.1 Å². The first-order chi connectivity index (χ1) is 9.04. The molecule has 0 aliphatic rings. The van der Waals surface area contributed by atoms with Gasteiger partial charge >= 0.3 is 0 Å². The zero-order valence-corrected chi connectivity index (χ0v) is 11.7. The highest BCUT2D eigenvalue weighted by molar-refractivity contribution is 9.10. The van der Waals surface area contributed by atoms with Crippen molar-refractivity contribution in [3.8, 4) is 0 Å². The van der Waals surface area contributed by atoms with E-state index in [1.54, 1.807) is 13.0 Å². The number of hydrogen-bond acceptors (Lipinski definition) is 4. The number of carbonyl (C=O) groups is 1. The van der Waals surface area contributed by atoms with Gasteiger partial charge in [0.1, 0.15) is 5.82 Å². The van der Waals surface area contributed by atoms with Crippen LogP contribution in [0.4, 0.5) is 10.1 Å². The Kier molecular flexibility index (Phi) is 4.26. The number of amides is 1. The summed E-state index contributed by atoms with van der Waals surface area (Å²) < 4.78 is 19.0. The molecule has 0 aliphatic heterocycles. The van der Waals surface area contributed by atoms with Crippen LogP contribution < -0.4 is 5.32 Å². The Bertz CT molecular complexity index is 600. The monoisotopic (exact) mass is 327 g/mol. The lowest BCUT2D eigenvalue weighted by Gasteiger charge is -2.05. The van der Waals surface area contributed by atoms with Gasteiger partial charge in [-0.25, -0.2) is 4.39 Å². The normalized spacial score (nSPS) is 10.5. The van der Waals surface area contributed by atoms with Crippen LogP contribution in [-0.4, -0.2) is 16.0 Å². The van der Waals surface area contributed by atoms with E-state index in [2.05, 4.69) is 31.4 Å². The van der Waals surface area contributed by atoms with Crippen molar-refractivity contribution in [2.24, 2.45) is 0 Å². The van der Waals surface area contributed by atoms with Crippen molar-refractivity contribution >= 4 is 27.5 Å². The van der Waals surface area contributed by atoms with Gasteiger partial charge in [-0.3, -0.25) is 4.79 Å². The highest BCUT2D eigenvalue weighted by Gasteiger charge is 2.10. The van der Waals surface area contributed by atoms with Crippen molar-refractivity contribution in [3.63, 3.8) is 0 Å². The van der Waals surface area contributed by atoms with Crippen LogP contribution in [0.15, 0.2) is 27.2 Å². The summed E-state index contributed by atoms with van der Waals surface area (Å²) >= 11 is 3.15. The predicted octanol–water partition coefficient (Wildman–Crippen LogP) is 2.85. The van der Waals surface area contributed by atoms with Gasteiger partial charge in [-0.1, -0.05) is 21.1 Å². The highest BCUT2D eigenvalue weighted by Crippen LogP contribution is 2.19. The largest absolute Gasteiger partial charge is 0.339 e. The summed E-state index contributed by atoms with van der Waals surface area (Å²) in [6, 6.07) is 4.44. The van der Waals surface area contributed by atoms with Crippen LogP contribution in [0.2, 0.25) is 0 Å². The molecule has 19 heavy (non-hydrogen) atoms. The molecule has 1 aromatic heterocycles. The topological polar surface area (TPSA) is 68.0 Å². The summed E-state index contributed by atoms with van der Waals surface area (Å²) in [5.74, 6) is 0.117. The second kappa shape index (κ2) is 5.92. The molecule has 0 saturated heterocycles. The van der Waals surface area contributed by atoms with Crippen LogP contribution in [-0.2, 0) is 11.2 Å². The minimum absolute atomic E-state index is 0.148. The smallest absolute Gasteiger partial charge is 0.227 e. The van der Waals surface area contributed by atoms with Gasteiger partial charge in [0.05, 0.1) is 5.69 Å². The van der Waals surface area contributed by atoms with Gasteiger partial charge in [-0.15, -0.1) is 0 Å². The predicted molar refractivity (Wildman–Crippen MR) is 70.1 cm³/mol. The number of rotatable bonds is 4. The number of anilines is 1. The molecule has 0 spiro atoms. The second-order valence-corrected chi connectivity index (χ2v) is 4.82. The second-order valence-electron chi connectivity index (χ2n) is 3.91. The molecule has 5 nitrogen and oxygen atoms in total.